The number of aliphatic hydroxyl groups is 1. The fraction of sp³-hybridized carbons (Fsp3) is 0.227. The van der Waals surface area contributed by atoms with Crippen LogP contribution in [-0.4, -0.2) is 60.5 Å². The Morgan fingerprint density at radius 1 is 1.03 bits per heavy atom. The molecule has 1 amide bonds. The number of benzene rings is 2. The predicted molar refractivity (Wildman–Crippen MR) is 124 cm³/mol. The number of nitrogens with one attached hydrogen (secondary N) is 1. The molecular formula is C22H25F2N5O4S. The molecule has 2 N–H and O–H groups in total. The molecule has 0 bridgehead atoms. The lowest BCUT2D eigenvalue weighted by Gasteiger charge is -2.37. The lowest BCUT2D eigenvalue weighted by Crippen LogP contribution is -2.50. The van der Waals surface area contributed by atoms with E-state index in [-0.39, 0.29) is 26.7 Å². The predicted octanol–water partition coefficient (Wildman–Crippen LogP) is 2.43. The summed E-state index contributed by atoms with van der Waals surface area (Å²) in [5, 5.41) is 10.2. The molecule has 2 heterocycles. The monoisotopic (exact) mass is 493 g/mol. The topological polar surface area (TPSA) is 116 Å². The summed E-state index contributed by atoms with van der Waals surface area (Å²) in [5.74, 6) is -2.59. The lowest BCUT2D eigenvalue weighted by atomic mass is 10.1. The number of rotatable bonds is 6. The Bertz CT molecular complexity index is 1260. The van der Waals surface area contributed by atoms with E-state index in [1.807, 2.05) is 4.90 Å². The second kappa shape index (κ2) is 9.69. The number of carbonyl (C=O) groups is 1. The van der Waals surface area contributed by atoms with Crippen molar-refractivity contribution in [1.29, 1.82) is 0 Å². The largest absolute Gasteiger partial charge is 0.378 e. The molecule has 3 aromatic rings. The molecular weight excluding hydrogens is 468 g/mol. The highest BCUT2D eigenvalue weighted by Crippen LogP contribution is 2.25. The average Bonchev–Trinajstić information content (AvgIpc) is 2.84. The van der Waals surface area contributed by atoms with Gasteiger partial charge in [-0.1, -0.05) is 6.07 Å². The number of carbonyl (C=O) groups excluding carboxylic acids is 1. The molecule has 1 fully saturated rings. The molecule has 1 unspecified atom stereocenters. The first-order valence-electron chi connectivity index (χ1n) is 10.3. The molecule has 182 valence electrons. The van der Waals surface area contributed by atoms with Crippen LogP contribution in [0.4, 0.5) is 20.3 Å². The van der Waals surface area contributed by atoms with E-state index in [0.29, 0.717) is 13.1 Å². The minimum atomic E-state index is -3.82. The molecule has 0 radical (unpaired) electrons. The highest BCUT2D eigenvalue weighted by molar-refractivity contribution is 7.92. The number of amides is 1. The number of piperazine rings is 1. The van der Waals surface area contributed by atoms with Crippen molar-refractivity contribution in [2.45, 2.75) is 11.0 Å². The molecule has 0 aliphatic carbocycles. The number of sulfonamides is 1. The molecule has 2 aromatic carbocycles. The highest BCUT2D eigenvalue weighted by Gasteiger charge is 2.31. The Morgan fingerprint density at radius 2 is 1.68 bits per heavy atom. The average molecular weight is 494 g/mol. The van der Waals surface area contributed by atoms with Crippen LogP contribution in [-0.2, 0) is 14.8 Å². The maximum Gasteiger partial charge on any atom is 0.263 e. The quantitative estimate of drug-likeness (QED) is 0.542. The zero-order valence-corrected chi connectivity index (χ0v) is 18.6. The summed E-state index contributed by atoms with van der Waals surface area (Å²) in [4.78, 5) is 23.5. The van der Waals surface area contributed by atoms with E-state index in [2.05, 4.69) is 14.7 Å². The van der Waals surface area contributed by atoms with Crippen molar-refractivity contribution in [2.24, 2.45) is 0 Å². The van der Waals surface area contributed by atoms with Gasteiger partial charge in [0, 0.05) is 40.9 Å². The Morgan fingerprint density at radius 3 is 2.26 bits per heavy atom. The number of hydrogen-bond acceptors (Lipinski definition) is 7. The Balaban J connectivity index is 0.00000228. The SMILES string of the molecule is O=C(C(O)c1c(F)cccc1F)N1CCN(c2ccc(S(=O)(=O)Nc3ccncn3)cc2)CC1.[HH].[HH]. The maximum absolute atomic E-state index is 13.9. The second-order valence-electron chi connectivity index (χ2n) is 7.54. The smallest absolute Gasteiger partial charge is 0.263 e. The van der Waals surface area contributed by atoms with E-state index >= 15 is 0 Å². The third-order valence-electron chi connectivity index (χ3n) is 5.43. The van der Waals surface area contributed by atoms with Gasteiger partial charge in [-0.25, -0.2) is 27.2 Å². The van der Waals surface area contributed by atoms with Crippen LogP contribution in [0.5, 0.6) is 0 Å². The van der Waals surface area contributed by atoms with Crippen LogP contribution in [0.1, 0.15) is 14.5 Å². The van der Waals surface area contributed by atoms with Crippen molar-refractivity contribution in [3.63, 3.8) is 0 Å². The van der Waals surface area contributed by atoms with Crippen molar-refractivity contribution in [1.82, 2.24) is 14.9 Å². The molecule has 1 aliphatic heterocycles. The fourth-order valence-electron chi connectivity index (χ4n) is 3.64. The number of nitrogens with zero attached hydrogens (tertiary/aromatic N) is 4. The van der Waals surface area contributed by atoms with Crippen molar-refractivity contribution in [3.8, 4) is 0 Å². The summed E-state index contributed by atoms with van der Waals surface area (Å²) in [6.07, 6.45) is 0.723. The normalized spacial score (nSPS) is 15.1. The van der Waals surface area contributed by atoms with E-state index < -0.39 is 39.2 Å². The Hall–Kier alpha value is -3.64. The zero-order valence-electron chi connectivity index (χ0n) is 17.8. The van der Waals surface area contributed by atoms with Crippen molar-refractivity contribution in [3.05, 3.63) is 78.3 Å². The molecule has 9 nitrogen and oxygen atoms in total. The first kappa shape index (κ1) is 23.5. The molecule has 1 atom stereocenters. The maximum atomic E-state index is 13.9. The molecule has 34 heavy (non-hydrogen) atoms. The van der Waals surface area contributed by atoms with Crippen LogP contribution < -0.4 is 9.62 Å². The van der Waals surface area contributed by atoms with Gasteiger partial charge >= 0.3 is 0 Å². The first-order chi connectivity index (χ1) is 16.3. The highest BCUT2D eigenvalue weighted by atomic mass is 32.2. The molecule has 1 aromatic heterocycles. The second-order valence-corrected chi connectivity index (χ2v) is 9.23. The molecule has 0 spiro atoms. The van der Waals surface area contributed by atoms with Gasteiger partial charge in [0.2, 0.25) is 0 Å². The van der Waals surface area contributed by atoms with Crippen molar-refractivity contribution < 1.29 is 30.0 Å². The van der Waals surface area contributed by atoms with Crippen LogP contribution in [0.3, 0.4) is 0 Å². The zero-order chi connectivity index (χ0) is 24.3. The third kappa shape index (κ3) is 4.97. The summed E-state index contributed by atoms with van der Waals surface area (Å²) in [6.45, 7) is 1.23. The molecule has 12 heteroatoms. The van der Waals surface area contributed by atoms with E-state index in [1.165, 1.54) is 35.6 Å². The summed E-state index contributed by atoms with van der Waals surface area (Å²) in [7, 11) is -3.82. The van der Waals surface area contributed by atoms with Gasteiger partial charge in [0.1, 0.15) is 23.8 Å². The van der Waals surface area contributed by atoms with E-state index in [4.69, 9.17) is 0 Å². The third-order valence-corrected chi connectivity index (χ3v) is 6.80. The van der Waals surface area contributed by atoms with Crippen LogP contribution in [0.15, 0.2) is 66.0 Å². The van der Waals surface area contributed by atoms with Crippen LogP contribution in [0, 0.1) is 11.6 Å². The van der Waals surface area contributed by atoms with Gasteiger partial charge in [-0.2, -0.15) is 0 Å². The van der Waals surface area contributed by atoms with Crippen molar-refractivity contribution >= 4 is 27.4 Å². The number of hydrogen-bond donors (Lipinski definition) is 2. The van der Waals surface area contributed by atoms with Crippen LogP contribution >= 0.6 is 0 Å². The van der Waals surface area contributed by atoms with Crippen LogP contribution in [0.2, 0.25) is 0 Å². The number of aromatic nitrogens is 2. The van der Waals surface area contributed by atoms with Gasteiger partial charge in [0.15, 0.2) is 6.10 Å². The van der Waals surface area contributed by atoms with Gasteiger partial charge in [0.05, 0.1) is 10.5 Å². The fourth-order valence-corrected chi connectivity index (χ4v) is 4.65. The number of aliphatic hydroxyl groups excluding tert-OH is 1. The number of halogens is 2. The number of anilines is 2. The lowest BCUT2D eigenvalue weighted by molar-refractivity contribution is -0.141. The summed E-state index contributed by atoms with van der Waals surface area (Å²) in [6, 6.07) is 10.8. The minimum Gasteiger partial charge on any atom is -0.378 e. The van der Waals surface area contributed by atoms with Crippen molar-refractivity contribution in [2.75, 3.05) is 35.8 Å². The van der Waals surface area contributed by atoms with E-state index in [1.54, 1.807) is 12.1 Å². The van der Waals surface area contributed by atoms with E-state index in [0.717, 1.165) is 23.9 Å². The standard InChI is InChI=1S/C22H21F2N5O4S.2H2/c23-17-2-1-3-18(24)20(17)21(30)22(31)29-12-10-28(11-13-29)15-4-6-16(7-5-15)34(32,33)27-19-8-9-25-14-26-19;;/h1-9,14,21,30H,10-13H2,(H,25,26,27);2*1H. The molecule has 0 saturated carbocycles. The summed E-state index contributed by atoms with van der Waals surface area (Å²) in [5.41, 5.74) is 0.0797. The van der Waals surface area contributed by atoms with Gasteiger partial charge in [-0.3, -0.25) is 9.52 Å². The Labute approximate surface area is 197 Å². The Kier molecular flexibility index (Phi) is 6.70. The summed E-state index contributed by atoms with van der Waals surface area (Å²) >= 11 is 0. The molecule has 1 saturated heterocycles. The molecule has 4 rings (SSSR count). The molecule has 1 aliphatic rings. The van der Waals surface area contributed by atoms with Gasteiger partial charge in [-0.05, 0) is 42.5 Å². The van der Waals surface area contributed by atoms with Gasteiger partial charge < -0.3 is 14.9 Å². The van der Waals surface area contributed by atoms with E-state index in [9.17, 15) is 27.1 Å². The van der Waals surface area contributed by atoms with Gasteiger partial charge in [0.25, 0.3) is 15.9 Å². The van der Waals surface area contributed by atoms with Gasteiger partial charge in [-0.15, -0.1) is 0 Å². The van der Waals surface area contributed by atoms with Crippen LogP contribution in [0.25, 0.3) is 0 Å². The summed E-state index contributed by atoms with van der Waals surface area (Å²) < 4.78 is 55.3. The minimum absolute atomic E-state index is 0. The first-order valence-corrected chi connectivity index (χ1v) is 11.8.